The van der Waals surface area contributed by atoms with Crippen molar-refractivity contribution in [3.05, 3.63) is 64.1 Å². The van der Waals surface area contributed by atoms with E-state index < -0.39 is 24.5 Å². The number of amides is 1. The molecule has 0 aliphatic rings. The molecule has 170 valence electrons. The van der Waals surface area contributed by atoms with Crippen LogP contribution in [0.1, 0.15) is 41.6 Å². The number of carboxylic acids is 1. The molecule has 0 bridgehead atoms. The van der Waals surface area contributed by atoms with E-state index in [1.165, 1.54) is 11.3 Å². The number of nitrogens with one attached hydrogen (secondary N) is 2. The molecule has 2 heterocycles. The van der Waals surface area contributed by atoms with Gasteiger partial charge in [-0.2, -0.15) is 0 Å². The van der Waals surface area contributed by atoms with Crippen molar-refractivity contribution in [2.45, 2.75) is 44.5 Å². The van der Waals surface area contributed by atoms with Gasteiger partial charge in [0, 0.05) is 43.3 Å². The monoisotopic (exact) mass is 480 g/mol. The summed E-state index contributed by atoms with van der Waals surface area (Å²) in [6.07, 6.45) is -0.690. The molecule has 0 saturated heterocycles. The molecule has 1 unspecified atom stereocenters. The van der Waals surface area contributed by atoms with Gasteiger partial charge in [0.1, 0.15) is 6.04 Å². The van der Waals surface area contributed by atoms with Crippen LogP contribution < -0.4 is 45.3 Å². The van der Waals surface area contributed by atoms with E-state index in [1.807, 2.05) is 47.8 Å². The van der Waals surface area contributed by atoms with Gasteiger partial charge in [-0.25, -0.2) is 4.68 Å². The van der Waals surface area contributed by atoms with Crippen LogP contribution in [0.2, 0.25) is 0 Å². The second-order valence-corrected chi connectivity index (χ2v) is 8.19. The van der Waals surface area contributed by atoms with E-state index in [0.717, 1.165) is 10.4 Å². The average Bonchev–Trinajstić information content (AvgIpc) is 3.46. The van der Waals surface area contributed by atoms with Crippen molar-refractivity contribution in [3.8, 4) is 0 Å². The third-order valence-corrected chi connectivity index (χ3v) is 5.65. The number of hydrogen-bond acceptors (Lipinski definition) is 9. The smallest absolute Gasteiger partial charge is 0.550 e. The fourth-order valence-electron chi connectivity index (χ4n) is 3.14. The van der Waals surface area contributed by atoms with Crippen LogP contribution in [-0.2, 0) is 22.7 Å². The predicted octanol–water partition coefficient (Wildman–Crippen LogP) is -2.98. The minimum Gasteiger partial charge on any atom is -0.550 e. The first-order valence-electron chi connectivity index (χ1n) is 10.2. The average molecular weight is 481 g/mol. The summed E-state index contributed by atoms with van der Waals surface area (Å²) in [5.41, 5.74) is 1.04. The second-order valence-electron chi connectivity index (χ2n) is 7.21. The van der Waals surface area contributed by atoms with Crippen LogP contribution in [0.15, 0.2) is 47.8 Å². The van der Waals surface area contributed by atoms with Crippen LogP contribution in [0, 0.1) is 0 Å². The summed E-state index contributed by atoms with van der Waals surface area (Å²) in [4.78, 5) is 23.8. The van der Waals surface area contributed by atoms with Crippen molar-refractivity contribution >= 4 is 23.2 Å². The molecule has 0 fully saturated rings. The number of hydrogen-bond donors (Lipinski definition) is 3. The van der Waals surface area contributed by atoms with Crippen LogP contribution in [0.3, 0.4) is 0 Å². The Hall–Kier alpha value is -2.15. The van der Waals surface area contributed by atoms with Gasteiger partial charge in [-0.3, -0.25) is 4.79 Å². The Bertz CT molecular complexity index is 986. The van der Waals surface area contributed by atoms with E-state index in [2.05, 4.69) is 26.2 Å². The third kappa shape index (κ3) is 8.95. The molecule has 3 rings (SSSR count). The van der Waals surface area contributed by atoms with Gasteiger partial charge in [-0.15, -0.1) is 16.4 Å². The Morgan fingerprint density at radius 1 is 1.18 bits per heavy atom. The number of nitrogens with zero attached hydrogens (tertiary/aromatic N) is 4. The van der Waals surface area contributed by atoms with Crippen molar-refractivity contribution < 1.29 is 49.4 Å². The number of carbonyl (C=O) groups is 2. The number of aliphatic carboxylic acids is 1. The Morgan fingerprint density at radius 3 is 2.67 bits per heavy atom. The summed E-state index contributed by atoms with van der Waals surface area (Å²) in [5.74, 6) is -0.845. The van der Waals surface area contributed by atoms with Crippen LogP contribution in [-0.4, -0.2) is 49.8 Å². The third-order valence-electron chi connectivity index (χ3n) is 4.71. The van der Waals surface area contributed by atoms with Gasteiger partial charge in [-0.05, 0) is 33.9 Å². The SMILES string of the molecule is O=C([O-])CC(O)CN[C@H](c1cccs1)c1nnnn1CCCC(=O)NCc1ccccc1.[Na+]. The van der Waals surface area contributed by atoms with Gasteiger partial charge in [0.2, 0.25) is 5.91 Å². The Balaban J connectivity index is 0.00000385. The molecule has 0 aliphatic carbocycles. The maximum absolute atomic E-state index is 12.2. The van der Waals surface area contributed by atoms with E-state index in [-0.39, 0.29) is 42.0 Å². The van der Waals surface area contributed by atoms with E-state index in [9.17, 15) is 19.8 Å². The van der Waals surface area contributed by atoms with Crippen molar-refractivity contribution in [2.75, 3.05) is 6.54 Å². The number of thiophene rings is 1. The molecule has 1 amide bonds. The summed E-state index contributed by atoms with van der Waals surface area (Å²) in [5, 5.41) is 40.4. The standard InChI is InChI=1S/C21H26N6O4S.Na/c28-16(12-19(30)31)14-23-20(17-8-5-11-32-17)21-24-25-26-27(21)10-4-9-18(29)22-13-15-6-2-1-3-7-15;/h1-3,5-8,11,16,20,23,28H,4,9-10,12-14H2,(H,22,29)(H,30,31);/q;+1/p-1/t16?,20-;/m1./s1. The first-order chi connectivity index (χ1) is 15.5. The first kappa shape index (κ1) is 27.1. The number of aryl methyl sites for hydroxylation is 1. The van der Waals surface area contributed by atoms with Crippen molar-refractivity contribution in [3.63, 3.8) is 0 Å². The molecule has 2 aromatic heterocycles. The van der Waals surface area contributed by atoms with E-state index in [1.54, 1.807) is 4.68 Å². The van der Waals surface area contributed by atoms with E-state index in [0.29, 0.717) is 31.8 Å². The molecule has 2 atom stereocenters. The summed E-state index contributed by atoms with van der Waals surface area (Å²) in [6.45, 7) is 0.950. The van der Waals surface area contributed by atoms with Crippen LogP contribution >= 0.6 is 11.3 Å². The second kappa shape index (κ2) is 14.2. The fourth-order valence-corrected chi connectivity index (χ4v) is 3.94. The molecule has 12 heteroatoms. The van der Waals surface area contributed by atoms with Crippen LogP contribution in [0.4, 0.5) is 0 Å². The number of rotatable bonds is 13. The quantitative estimate of drug-likeness (QED) is 0.220. The molecule has 0 aliphatic heterocycles. The molecule has 1 aromatic carbocycles. The minimum atomic E-state index is -1.32. The van der Waals surface area contributed by atoms with E-state index in [4.69, 9.17) is 0 Å². The maximum Gasteiger partial charge on any atom is 1.00 e. The number of aromatic nitrogens is 4. The molecule has 0 spiro atoms. The summed E-state index contributed by atoms with van der Waals surface area (Å²) in [6, 6.07) is 13.1. The van der Waals surface area contributed by atoms with Gasteiger partial charge in [0.25, 0.3) is 0 Å². The Kier molecular flexibility index (Phi) is 11.6. The fraction of sp³-hybridized carbons (Fsp3) is 0.381. The van der Waals surface area contributed by atoms with Gasteiger partial charge >= 0.3 is 29.6 Å². The topological polar surface area (TPSA) is 145 Å². The number of benzene rings is 1. The van der Waals surface area contributed by atoms with Crippen molar-refractivity contribution in [1.82, 2.24) is 30.8 Å². The summed E-state index contributed by atoms with van der Waals surface area (Å²) in [7, 11) is 0. The van der Waals surface area contributed by atoms with Crippen LogP contribution in [0.25, 0.3) is 0 Å². The number of tetrazole rings is 1. The number of aliphatic hydroxyl groups is 1. The van der Waals surface area contributed by atoms with Crippen molar-refractivity contribution in [1.29, 1.82) is 0 Å². The molecule has 0 saturated carbocycles. The molecule has 10 nitrogen and oxygen atoms in total. The minimum absolute atomic E-state index is 0. The zero-order chi connectivity index (χ0) is 22.8. The predicted molar refractivity (Wildman–Crippen MR) is 115 cm³/mol. The molecule has 0 radical (unpaired) electrons. The zero-order valence-corrected chi connectivity index (χ0v) is 21.2. The Labute approximate surface area is 217 Å². The van der Waals surface area contributed by atoms with Crippen molar-refractivity contribution in [2.24, 2.45) is 0 Å². The maximum atomic E-state index is 12.2. The summed E-state index contributed by atoms with van der Waals surface area (Å²) >= 11 is 1.49. The molecule has 33 heavy (non-hydrogen) atoms. The number of aliphatic hydroxyl groups excluding tert-OH is 1. The first-order valence-corrected chi connectivity index (χ1v) is 11.1. The normalized spacial score (nSPS) is 12.5. The largest absolute Gasteiger partial charge is 1.00 e. The molecule has 3 aromatic rings. The number of carbonyl (C=O) groups excluding carboxylic acids is 2. The van der Waals surface area contributed by atoms with Gasteiger partial charge < -0.3 is 25.6 Å². The van der Waals surface area contributed by atoms with Gasteiger partial charge in [0.05, 0.1) is 6.10 Å². The summed E-state index contributed by atoms with van der Waals surface area (Å²) < 4.78 is 1.62. The molecular formula is C21H25N6NaO4S. The zero-order valence-electron chi connectivity index (χ0n) is 18.4. The van der Waals surface area contributed by atoms with Gasteiger partial charge in [0.15, 0.2) is 5.82 Å². The molecule has 3 N–H and O–H groups in total. The number of carboxylic acid groups (broad SMARTS) is 1. The van der Waals surface area contributed by atoms with E-state index >= 15 is 0 Å². The Morgan fingerprint density at radius 2 is 1.97 bits per heavy atom. The van der Waals surface area contributed by atoms with Gasteiger partial charge in [-0.1, -0.05) is 36.4 Å². The van der Waals surface area contributed by atoms with Crippen LogP contribution in [0.5, 0.6) is 0 Å². The molecular weight excluding hydrogens is 455 g/mol.